The number of likely N-dealkylation sites (tertiary alicyclic amines) is 1. The predicted molar refractivity (Wildman–Crippen MR) is 105 cm³/mol. The summed E-state index contributed by atoms with van der Waals surface area (Å²) in [5.74, 6) is 0.357. The SMILES string of the molecule is CC(C)(N)c1cn(C[C@H]2CCCN(C(=O)NCc3ccc(Cl)cc3)C2)nn1. The first kappa shape index (κ1) is 19.6. The highest BCUT2D eigenvalue weighted by Gasteiger charge is 2.25. The van der Waals surface area contributed by atoms with Crippen LogP contribution in [0.5, 0.6) is 0 Å². The van der Waals surface area contributed by atoms with Gasteiger partial charge in [-0.05, 0) is 50.3 Å². The molecule has 1 aliphatic rings. The molecule has 1 saturated heterocycles. The van der Waals surface area contributed by atoms with E-state index in [9.17, 15) is 4.79 Å². The summed E-state index contributed by atoms with van der Waals surface area (Å²) in [6.07, 6.45) is 3.96. The first-order chi connectivity index (χ1) is 12.8. The molecule has 1 aromatic carbocycles. The standard InChI is InChI=1S/C19H27ClN6O/c1-19(2,21)17-13-26(24-23-17)12-15-4-3-9-25(11-15)18(27)22-10-14-5-7-16(20)8-6-14/h5-8,13,15H,3-4,9-12,21H2,1-2H3,(H,22,27)/t15-/m0/s1. The quantitative estimate of drug-likeness (QED) is 0.821. The third kappa shape index (κ3) is 5.43. The summed E-state index contributed by atoms with van der Waals surface area (Å²) < 4.78 is 1.84. The monoisotopic (exact) mass is 390 g/mol. The van der Waals surface area contributed by atoms with Crippen LogP contribution < -0.4 is 11.1 Å². The third-order valence-electron chi connectivity index (χ3n) is 4.81. The molecule has 8 heteroatoms. The van der Waals surface area contributed by atoms with Crippen LogP contribution in [0.2, 0.25) is 5.02 Å². The number of nitrogens with two attached hydrogens (primary N) is 1. The van der Waals surface area contributed by atoms with Crippen molar-refractivity contribution in [2.75, 3.05) is 13.1 Å². The van der Waals surface area contributed by atoms with Crippen molar-refractivity contribution in [3.05, 3.63) is 46.7 Å². The smallest absolute Gasteiger partial charge is 0.317 e. The lowest BCUT2D eigenvalue weighted by Crippen LogP contribution is -2.46. The summed E-state index contributed by atoms with van der Waals surface area (Å²) in [5.41, 5.74) is 7.37. The number of carbonyl (C=O) groups is 1. The van der Waals surface area contributed by atoms with Gasteiger partial charge in [0.1, 0.15) is 5.69 Å². The number of hydrogen-bond donors (Lipinski definition) is 2. The van der Waals surface area contributed by atoms with Crippen LogP contribution in [0.4, 0.5) is 4.79 Å². The molecule has 0 bridgehead atoms. The van der Waals surface area contributed by atoms with Gasteiger partial charge in [0.05, 0.1) is 11.7 Å². The minimum absolute atomic E-state index is 0.0305. The van der Waals surface area contributed by atoms with E-state index in [2.05, 4.69) is 15.6 Å². The van der Waals surface area contributed by atoms with Gasteiger partial charge in [0, 0.05) is 31.2 Å². The molecule has 1 aliphatic heterocycles. The van der Waals surface area contributed by atoms with Crippen LogP contribution in [0.25, 0.3) is 0 Å². The van der Waals surface area contributed by atoms with Crippen LogP contribution in [0.3, 0.4) is 0 Å². The van der Waals surface area contributed by atoms with Gasteiger partial charge in [-0.15, -0.1) is 5.10 Å². The Bertz CT molecular complexity index is 767. The number of halogens is 1. The molecule has 0 spiro atoms. The molecule has 0 unspecified atom stereocenters. The van der Waals surface area contributed by atoms with Gasteiger partial charge in [-0.1, -0.05) is 28.9 Å². The summed E-state index contributed by atoms with van der Waals surface area (Å²) in [7, 11) is 0. The Morgan fingerprint density at radius 2 is 2.11 bits per heavy atom. The van der Waals surface area contributed by atoms with Crippen molar-refractivity contribution in [3.63, 3.8) is 0 Å². The molecule has 2 amide bonds. The molecule has 7 nitrogen and oxygen atoms in total. The summed E-state index contributed by atoms with van der Waals surface area (Å²) >= 11 is 5.89. The molecule has 1 aromatic heterocycles. The van der Waals surface area contributed by atoms with Crippen LogP contribution in [-0.4, -0.2) is 39.0 Å². The highest BCUT2D eigenvalue weighted by molar-refractivity contribution is 6.30. The van der Waals surface area contributed by atoms with E-state index in [0.29, 0.717) is 24.0 Å². The number of rotatable bonds is 5. The maximum absolute atomic E-state index is 12.5. The van der Waals surface area contributed by atoms with Crippen LogP contribution >= 0.6 is 11.6 Å². The van der Waals surface area contributed by atoms with Gasteiger partial charge in [0.2, 0.25) is 0 Å². The number of nitrogens with zero attached hydrogens (tertiary/aromatic N) is 4. The van der Waals surface area contributed by atoms with Crippen LogP contribution in [-0.2, 0) is 18.6 Å². The van der Waals surface area contributed by atoms with Crippen molar-refractivity contribution in [3.8, 4) is 0 Å². The van der Waals surface area contributed by atoms with Gasteiger partial charge in [-0.25, -0.2) is 4.79 Å². The summed E-state index contributed by atoms with van der Waals surface area (Å²) in [6.45, 7) is 6.55. The van der Waals surface area contributed by atoms with E-state index in [0.717, 1.165) is 37.2 Å². The minimum atomic E-state index is -0.502. The fourth-order valence-electron chi connectivity index (χ4n) is 3.24. The number of benzene rings is 1. The topological polar surface area (TPSA) is 89.1 Å². The van der Waals surface area contributed by atoms with E-state index >= 15 is 0 Å². The van der Waals surface area contributed by atoms with Crippen molar-refractivity contribution in [2.24, 2.45) is 11.7 Å². The predicted octanol–water partition coefficient (Wildman–Crippen LogP) is 2.75. The number of aromatic nitrogens is 3. The zero-order valence-electron chi connectivity index (χ0n) is 15.9. The number of carbonyl (C=O) groups excluding carboxylic acids is 1. The van der Waals surface area contributed by atoms with Gasteiger partial charge in [0.25, 0.3) is 0 Å². The Morgan fingerprint density at radius 3 is 2.78 bits per heavy atom. The van der Waals surface area contributed by atoms with Crippen molar-refractivity contribution in [2.45, 2.75) is 45.3 Å². The van der Waals surface area contributed by atoms with Crippen LogP contribution in [0, 0.1) is 5.92 Å². The first-order valence-corrected chi connectivity index (χ1v) is 9.66. The second kappa shape index (κ2) is 8.27. The second-order valence-electron chi connectivity index (χ2n) is 7.79. The average molecular weight is 391 g/mol. The number of hydrogen-bond acceptors (Lipinski definition) is 4. The van der Waals surface area contributed by atoms with E-state index in [1.54, 1.807) is 0 Å². The largest absolute Gasteiger partial charge is 0.334 e. The van der Waals surface area contributed by atoms with Gasteiger partial charge < -0.3 is 16.0 Å². The van der Waals surface area contributed by atoms with E-state index < -0.39 is 5.54 Å². The Hall–Kier alpha value is -2.12. The summed E-state index contributed by atoms with van der Waals surface area (Å²) in [6, 6.07) is 7.47. The van der Waals surface area contributed by atoms with Crippen molar-refractivity contribution in [1.82, 2.24) is 25.2 Å². The fraction of sp³-hybridized carbons (Fsp3) is 0.526. The lowest BCUT2D eigenvalue weighted by atomic mass is 9.98. The van der Waals surface area contributed by atoms with E-state index in [1.807, 2.05) is 53.9 Å². The summed E-state index contributed by atoms with van der Waals surface area (Å²) in [4.78, 5) is 14.4. The molecule has 3 rings (SSSR count). The van der Waals surface area contributed by atoms with Crippen LogP contribution in [0.1, 0.15) is 37.9 Å². The van der Waals surface area contributed by atoms with E-state index in [1.165, 1.54) is 0 Å². The Balaban J connectivity index is 1.51. The molecular weight excluding hydrogens is 364 g/mol. The lowest BCUT2D eigenvalue weighted by molar-refractivity contribution is 0.157. The Kier molecular flexibility index (Phi) is 6.01. The molecule has 2 heterocycles. The number of piperidine rings is 1. The maximum atomic E-state index is 12.5. The lowest BCUT2D eigenvalue weighted by Gasteiger charge is -2.32. The molecule has 0 saturated carbocycles. The Morgan fingerprint density at radius 1 is 1.37 bits per heavy atom. The Labute approximate surface area is 164 Å². The second-order valence-corrected chi connectivity index (χ2v) is 8.22. The van der Waals surface area contributed by atoms with Crippen LogP contribution in [0.15, 0.2) is 30.5 Å². The molecule has 3 N–H and O–H groups in total. The van der Waals surface area contributed by atoms with Gasteiger partial charge in [-0.3, -0.25) is 4.68 Å². The molecule has 0 aliphatic carbocycles. The van der Waals surface area contributed by atoms with Crippen molar-refractivity contribution in [1.29, 1.82) is 0 Å². The van der Waals surface area contributed by atoms with Gasteiger partial charge >= 0.3 is 6.03 Å². The number of nitrogens with one attached hydrogen (secondary N) is 1. The van der Waals surface area contributed by atoms with E-state index in [-0.39, 0.29) is 6.03 Å². The fourth-order valence-corrected chi connectivity index (χ4v) is 3.36. The number of amides is 2. The highest BCUT2D eigenvalue weighted by Crippen LogP contribution is 2.20. The average Bonchev–Trinajstić information content (AvgIpc) is 3.10. The molecule has 2 aromatic rings. The molecule has 0 radical (unpaired) electrons. The summed E-state index contributed by atoms with van der Waals surface area (Å²) in [5, 5.41) is 12.0. The maximum Gasteiger partial charge on any atom is 0.317 e. The zero-order chi connectivity index (χ0) is 19.4. The molecule has 1 fully saturated rings. The number of urea groups is 1. The van der Waals surface area contributed by atoms with Gasteiger partial charge in [-0.2, -0.15) is 0 Å². The van der Waals surface area contributed by atoms with Gasteiger partial charge in [0.15, 0.2) is 0 Å². The molecule has 146 valence electrons. The highest BCUT2D eigenvalue weighted by atomic mass is 35.5. The van der Waals surface area contributed by atoms with E-state index in [4.69, 9.17) is 17.3 Å². The molecule has 27 heavy (non-hydrogen) atoms. The molecule has 1 atom stereocenters. The third-order valence-corrected chi connectivity index (χ3v) is 5.06. The first-order valence-electron chi connectivity index (χ1n) is 9.28. The molecular formula is C19H27ClN6O. The van der Waals surface area contributed by atoms with Crippen molar-refractivity contribution >= 4 is 17.6 Å². The minimum Gasteiger partial charge on any atom is -0.334 e. The normalized spacial score (nSPS) is 17.8. The zero-order valence-corrected chi connectivity index (χ0v) is 16.6. The van der Waals surface area contributed by atoms with Crippen molar-refractivity contribution < 1.29 is 4.79 Å².